The third kappa shape index (κ3) is 5.11. The van der Waals surface area contributed by atoms with E-state index in [0.29, 0.717) is 31.8 Å². The largest absolute Gasteiger partial charge is 0.467 e. The summed E-state index contributed by atoms with van der Waals surface area (Å²) >= 11 is 0. The SMILES string of the molecule is O=C(NCc1ccco1)N[C@H]1CCN(C(=O)CCc2ccccc2)C1. The van der Waals surface area contributed by atoms with Gasteiger partial charge in [-0.2, -0.15) is 0 Å². The highest BCUT2D eigenvalue weighted by atomic mass is 16.3. The van der Waals surface area contributed by atoms with Crippen molar-refractivity contribution in [3.05, 3.63) is 60.1 Å². The maximum Gasteiger partial charge on any atom is 0.315 e. The van der Waals surface area contributed by atoms with Crippen LogP contribution in [0.2, 0.25) is 0 Å². The molecular weight excluding hydrogens is 318 g/mol. The number of nitrogens with one attached hydrogen (secondary N) is 2. The van der Waals surface area contributed by atoms with Gasteiger partial charge >= 0.3 is 6.03 Å². The molecule has 1 aliphatic rings. The molecule has 0 unspecified atom stereocenters. The van der Waals surface area contributed by atoms with Crippen molar-refractivity contribution in [3.63, 3.8) is 0 Å². The molecule has 2 aromatic rings. The molecule has 25 heavy (non-hydrogen) atoms. The summed E-state index contributed by atoms with van der Waals surface area (Å²) in [5.41, 5.74) is 1.17. The fourth-order valence-electron chi connectivity index (χ4n) is 2.98. The molecule has 3 rings (SSSR count). The molecular formula is C19H23N3O3. The lowest BCUT2D eigenvalue weighted by atomic mass is 10.1. The molecule has 6 nitrogen and oxygen atoms in total. The zero-order valence-electron chi connectivity index (χ0n) is 14.1. The zero-order chi connectivity index (χ0) is 17.5. The van der Waals surface area contributed by atoms with E-state index in [4.69, 9.17) is 4.42 Å². The van der Waals surface area contributed by atoms with Crippen LogP contribution in [0.1, 0.15) is 24.2 Å². The van der Waals surface area contributed by atoms with E-state index in [-0.39, 0.29) is 18.0 Å². The quantitative estimate of drug-likeness (QED) is 0.847. The van der Waals surface area contributed by atoms with Crippen molar-refractivity contribution in [2.24, 2.45) is 0 Å². The number of carbonyl (C=O) groups is 2. The Bertz CT molecular complexity index is 685. The molecule has 1 saturated heterocycles. The normalized spacial score (nSPS) is 16.6. The summed E-state index contributed by atoms with van der Waals surface area (Å²) in [6, 6.07) is 13.4. The number of carbonyl (C=O) groups excluding carboxylic acids is 2. The lowest BCUT2D eigenvalue weighted by molar-refractivity contribution is -0.130. The van der Waals surface area contributed by atoms with Crippen molar-refractivity contribution >= 4 is 11.9 Å². The van der Waals surface area contributed by atoms with Crippen LogP contribution in [-0.4, -0.2) is 36.0 Å². The van der Waals surface area contributed by atoms with Crippen molar-refractivity contribution in [2.45, 2.75) is 31.8 Å². The summed E-state index contributed by atoms with van der Waals surface area (Å²) in [6.07, 6.45) is 3.61. The predicted octanol–water partition coefficient (Wildman–Crippen LogP) is 2.31. The van der Waals surface area contributed by atoms with Crippen LogP contribution in [0.3, 0.4) is 0 Å². The first-order valence-corrected chi connectivity index (χ1v) is 8.59. The molecule has 2 N–H and O–H groups in total. The van der Waals surface area contributed by atoms with E-state index in [1.807, 2.05) is 41.3 Å². The second-order valence-corrected chi connectivity index (χ2v) is 6.22. The highest BCUT2D eigenvalue weighted by Crippen LogP contribution is 2.12. The molecule has 0 aliphatic carbocycles. The lowest BCUT2D eigenvalue weighted by Crippen LogP contribution is -2.43. The summed E-state index contributed by atoms with van der Waals surface area (Å²) in [5.74, 6) is 0.850. The Balaban J connectivity index is 1.37. The number of benzene rings is 1. The second kappa shape index (κ2) is 8.37. The van der Waals surface area contributed by atoms with Gasteiger partial charge in [0.1, 0.15) is 5.76 Å². The van der Waals surface area contributed by atoms with Crippen LogP contribution >= 0.6 is 0 Å². The monoisotopic (exact) mass is 341 g/mol. The molecule has 6 heteroatoms. The molecule has 3 amide bonds. The van der Waals surface area contributed by atoms with Crippen molar-refractivity contribution < 1.29 is 14.0 Å². The molecule has 132 valence electrons. The summed E-state index contributed by atoms with van der Waals surface area (Å²) in [7, 11) is 0. The van der Waals surface area contributed by atoms with Gasteiger partial charge in [0, 0.05) is 25.6 Å². The molecule has 1 fully saturated rings. The van der Waals surface area contributed by atoms with Crippen LogP contribution in [0.15, 0.2) is 53.1 Å². The minimum absolute atomic E-state index is 0.00252. The van der Waals surface area contributed by atoms with Gasteiger partial charge in [0.2, 0.25) is 5.91 Å². The highest BCUT2D eigenvalue weighted by Gasteiger charge is 2.26. The molecule has 2 heterocycles. The van der Waals surface area contributed by atoms with E-state index >= 15 is 0 Å². The number of hydrogen-bond donors (Lipinski definition) is 2. The van der Waals surface area contributed by atoms with Gasteiger partial charge in [0.25, 0.3) is 0 Å². The van der Waals surface area contributed by atoms with Crippen molar-refractivity contribution in [3.8, 4) is 0 Å². The van der Waals surface area contributed by atoms with Gasteiger partial charge in [0.05, 0.1) is 12.8 Å². The first-order chi connectivity index (χ1) is 12.2. The smallest absolute Gasteiger partial charge is 0.315 e. The minimum Gasteiger partial charge on any atom is -0.467 e. The minimum atomic E-state index is -0.236. The van der Waals surface area contributed by atoms with Crippen LogP contribution in [0.25, 0.3) is 0 Å². The Morgan fingerprint density at radius 3 is 2.76 bits per heavy atom. The average Bonchev–Trinajstić information content (AvgIpc) is 3.31. The van der Waals surface area contributed by atoms with Crippen molar-refractivity contribution in [1.29, 1.82) is 0 Å². The number of furan rings is 1. The zero-order valence-corrected chi connectivity index (χ0v) is 14.1. The van der Waals surface area contributed by atoms with E-state index in [2.05, 4.69) is 10.6 Å². The average molecular weight is 341 g/mol. The third-order valence-corrected chi connectivity index (χ3v) is 4.35. The van der Waals surface area contributed by atoms with E-state index in [9.17, 15) is 9.59 Å². The van der Waals surface area contributed by atoms with E-state index < -0.39 is 0 Å². The van der Waals surface area contributed by atoms with Crippen molar-refractivity contribution in [2.75, 3.05) is 13.1 Å². The molecule has 0 radical (unpaired) electrons. The summed E-state index contributed by atoms with van der Waals surface area (Å²) in [5, 5.41) is 5.67. The Labute approximate surface area is 147 Å². The maximum absolute atomic E-state index is 12.3. The fraction of sp³-hybridized carbons (Fsp3) is 0.368. The Morgan fingerprint density at radius 2 is 2.00 bits per heavy atom. The Kier molecular flexibility index (Phi) is 5.72. The van der Waals surface area contributed by atoms with Gasteiger partial charge in [-0.3, -0.25) is 4.79 Å². The molecule has 0 saturated carbocycles. The molecule has 0 spiro atoms. The molecule has 1 aromatic heterocycles. The summed E-state index contributed by atoms with van der Waals surface area (Å²) in [4.78, 5) is 26.1. The number of hydrogen-bond acceptors (Lipinski definition) is 3. The highest BCUT2D eigenvalue weighted by molar-refractivity contribution is 5.77. The van der Waals surface area contributed by atoms with Crippen LogP contribution < -0.4 is 10.6 Å². The number of aryl methyl sites for hydroxylation is 1. The van der Waals surface area contributed by atoms with E-state index in [0.717, 1.165) is 12.8 Å². The van der Waals surface area contributed by atoms with Gasteiger partial charge in [-0.25, -0.2) is 4.79 Å². The molecule has 0 bridgehead atoms. The second-order valence-electron chi connectivity index (χ2n) is 6.22. The topological polar surface area (TPSA) is 74.6 Å². The van der Waals surface area contributed by atoms with Gasteiger partial charge in [-0.15, -0.1) is 0 Å². The predicted molar refractivity (Wildman–Crippen MR) is 93.8 cm³/mol. The van der Waals surface area contributed by atoms with Crippen LogP contribution in [-0.2, 0) is 17.8 Å². The van der Waals surface area contributed by atoms with E-state index in [1.54, 1.807) is 12.3 Å². The number of amides is 3. The summed E-state index contributed by atoms with van der Waals surface area (Å²) in [6.45, 7) is 1.61. The Morgan fingerprint density at radius 1 is 1.16 bits per heavy atom. The van der Waals surface area contributed by atoms with Gasteiger partial charge in [-0.1, -0.05) is 30.3 Å². The standard InChI is InChI=1S/C19H23N3O3/c23-18(9-8-15-5-2-1-3-6-15)22-11-10-16(14-22)21-19(24)20-13-17-7-4-12-25-17/h1-7,12,16H,8-11,13-14H2,(H2,20,21,24)/t16-/m0/s1. The number of likely N-dealkylation sites (tertiary alicyclic amines) is 1. The number of rotatable bonds is 6. The number of nitrogens with zero attached hydrogens (tertiary/aromatic N) is 1. The Hall–Kier alpha value is -2.76. The molecule has 1 aliphatic heterocycles. The lowest BCUT2D eigenvalue weighted by Gasteiger charge is -2.17. The third-order valence-electron chi connectivity index (χ3n) is 4.35. The van der Waals surface area contributed by atoms with Crippen LogP contribution in [0.5, 0.6) is 0 Å². The summed E-state index contributed by atoms with van der Waals surface area (Å²) < 4.78 is 5.17. The first kappa shape index (κ1) is 17.1. The van der Waals surface area contributed by atoms with Crippen molar-refractivity contribution in [1.82, 2.24) is 15.5 Å². The molecule has 1 atom stereocenters. The maximum atomic E-state index is 12.3. The van der Waals surface area contributed by atoms with E-state index in [1.165, 1.54) is 5.56 Å². The number of urea groups is 1. The van der Waals surface area contributed by atoms with Crippen LogP contribution in [0, 0.1) is 0 Å². The molecule has 1 aromatic carbocycles. The van der Waals surface area contributed by atoms with Gasteiger partial charge in [-0.05, 0) is 30.5 Å². The fourth-order valence-corrected chi connectivity index (χ4v) is 2.98. The first-order valence-electron chi connectivity index (χ1n) is 8.59. The van der Waals surface area contributed by atoms with Gasteiger partial charge in [0.15, 0.2) is 0 Å². The van der Waals surface area contributed by atoms with Gasteiger partial charge < -0.3 is 20.0 Å². The van der Waals surface area contributed by atoms with Crippen LogP contribution in [0.4, 0.5) is 4.79 Å².